The van der Waals surface area contributed by atoms with Crippen LogP contribution in [0.1, 0.15) is 43.1 Å². The van der Waals surface area contributed by atoms with E-state index in [2.05, 4.69) is 41.4 Å². The summed E-state index contributed by atoms with van der Waals surface area (Å²) in [7, 11) is 1.32. The van der Waals surface area contributed by atoms with Gasteiger partial charge in [0.25, 0.3) is 0 Å². The van der Waals surface area contributed by atoms with Crippen LogP contribution in [0.2, 0.25) is 5.02 Å². The standard InChI is InChI=1S/C27H28ClN9O3/c1-40-27(39)32-19-8-9-20-22(14-19)29-12-4-2-3-5-21(26-30-15-23(20)34-26)33-25(38)11-6-17-13-18(28)7-10-24(17)37-16-31-35-36-37/h6-11,13-16,21,29H,2-5,12H2,1H3,(H,30,34)(H,32,39)(H,33,38)/t21-/m0/s1. The number of H-pyrrole nitrogens is 1. The van der Waals surface area contributed by atoms with E-state index in [0.29, 0.717) is 27.8 Å². The quantitative estimate of drug-likeness (QED) is 0.255. The van der Waals surface area contributed by atoms with Gasteiger partial charge in [-0.15, -0.1) is 5.10 Å². The lowest BCUT2D eigenvalue weighted by Crippen LogP contribution is -2.27. The normalized spacial score (nSPS) is 15.3. The summed E-state index contributed by atoms with van der Waals surface area (Å²) in [5, 5.41) is 21.1. The summed E-state index contributed by atoms with van der Waals surface area (Å²) in [6, 6.07) is 10.5. The van der Waals surface area contributed by atoms with Crippen LogP contribution in [0.4, 0.5) is 16.2 Å². The van der Waals surface area contributed by atoms with E-state index in [1.165, 1.54) is 24.2 Å². The van der Waals surface area contributed by atoms with Crippen LogP contribution in [0.3, 0.4) is 0 Å². The molecule has 0 unspecified atom stereocenters. The molecule has 2 aromatic carbocycles. The number of hydrogen-bond donors (Lipinski definition) is 4. The molecule has 2 aromatic heterocycles. The summed E-state index contributed by atoms with van der Waals surface area (Å²) in [5.74, 6) is 0.399. The number of aromatic amines is 1. The van der Waals surface area contributed by atoms with E-state index in [1.807, 2.05) is 12.1 Å². The third kappa shape index (κ3) is 6.46. The lowest BCUT2D eigenvalue weighted by atomic mass is 10.1. The zero-order valence-electron chi connectivity index (χ0n) is 21.7. The number of tetrazole rings is 1. The monoisotopic (exact) mass is 561 g/mol. The molecule has 1 aliphatic rings. The Morgan fingerprint density at radius 3 is 2.90 bits per heavy atom. The van der Waals surface area contributed by atoms with Crippen LogP contribution in [0, 0.1) is 0 Å². The molecule has 40 heavy (non-hydrogen) atoms. The number of rotatable bonds is 5. The highest BCUT2D eigenvalue weighted by atomic mass is 35.5. The first-order valence-corrected chi connectivity index (χ1v) is 13.2. The number of ether oxygens (including phenoxy) is 1. The number of nitrogens with zero attached hydrogens (tertiary/aromatic N) is 5. The van der Waals surface area contributed by atoms with Gasteiger partial charge >= 0.3 is 6.09 Å². The second kappa shape index (κ2) is 12.4. The van der Waals surface area contributed by atoms with E-state index in [-0.39, 0.29) is 11.9 Å². The molecular formula is C27H28ClN9O3. The summed E-state index contributed by atoms with van der Waals surface area (Å²) in [6.45, 7) is 0.763. The minimum atomic E-state index is -0.536. The van der Waals surface area contributed by atoms with Gasteiger partial charge in [0, 0.05) is 40.1 Å². The van der Waals surface area contributed by atoms with Crippen LogP contribution in [0.25, 0.3) is 23.0 Å². The predicted molar refractivity (Wildman–Crippen MR) is 151 cm³/mol. The van der Waals surface area contributed by atoms with E-state index in [0.717, 1.165) is 49.2 Å². The van der Waals surface area contributed by atoms with E-state index in [9.17, 15) is 9.59 Å². The predicted octanol–water partition coefficient (Wildman–Crippen LogP) is 4.74. The number of carbonyl (C=O) groups is 2. The summed E-state index contributed by atoms with van der Waals surface area (Å²) < 4.78 is 6.21. The Hall–Kier alpha value is -4.71. The Morgan fingerprint density at radius 1 is 1.18 bits per heavy atom. The number of methoxy groups -OCH3 is 1. The highest BCUT2D eigenvalue weighted by Gasteiger charge is 2.19. The van der Waals surface area contributed by atoms with Crippen molar-refractivity contribution in [2.75, 3.05) is 24.3 Å². The van der Waals surface area contributed by atoms with Crippen molar-refractivity contribution in [3.63, 3.8) is 0 Å². The number of imidazole rings is 1. The van der Waals surface area contributed by atoms with Gasteiger partial charge in [-0.05, 0) is 65.7 Å². The van der Waals surface area contributed by atoms with Crippen LogP contribution >= 0.6 is 11.6 Å². The first-order valence-electron chi connectivity index (χ1n) is 12.8. The zero-order valence-corrected chi connectivity index (χ0v) is 22.5. The van der Waals surface area contributed by atoms with Crippen LogP contribution in [0.15, 0.2) is 55.0 Å². The maximum absolute atomic E-state index is 13.0. The molecule has 4 aromatic rings. The fourth-order valence-corrected chi connectivity index (χ4v) is 4.68. The number of hydrogen-bond acceptors (Lipinski definition) is 8. The number of anilines is 2. The third-order valence-electron chi connectivity index (χ3n) is 6.47. The lowest BCUT2D eigenvalue weighted by Gasteiger charge is -2.18. The van der Waals surface area contributed by atoms with Gasteiger partial charge < -0.3 is 20.4 Å². The molecule has 1 aliphatic heterocycles. The molecule has 2 amide bonds. The minimum Gasteiger partial charge on any atom is -0.453 e. The molecule has 13 heteroatoms. The maximum Gasteiger partial charge on any atom is 0.411 e. The number of carbonyl (C=O) groups excluding carboxylic acids is 2. The highest BCUT2D eigenvalue weighted by Crippen LogP contribution is 2.32. The molecule has 0 aliphatic carbocycles. The van der Waals surface area contributed by atoms with Gasteiger partial charge in [0.2, 0.25) is 5.91 Å². The number of fused-ring (bicyclic) bond motifs is 4. The number of benzene rings is 2. The summed E-state index contributed by atoms with van der Waals surface area (Å²) in [4.78, 5) is 32.7. The molecule has 1 atom stereocenters. The smallest absolute Gasteiger partial charge is 0.411 e. The lowest BCUT2D eigenvalue weighted by molar-refractivity contribution is -0.117. The Morgan fingerprint density at radius 2 is 2.08 bits per heavy atom. The van der Waals surface area contributed by atoms with Gasteiger partial charge in [-0.3, -0.25) is 10.1 Å². The molecule has 206 valence electrons. The molecule has 3 heterocycles. The van der Waals surface area contributed by atoms with Gasteiger partial charge in [-0.1, -0.05) is 24.4 Å². The first kappa shape index (κ1) is 26.9. The Balaban J connectivity index is 1.36. The molecule has 0 saturated heterocycles. The fraction of sp³-hybridized carbons (Fsp3) is 0.259. The highest BCUT2D eigenvalue weighted by molar-refractivity contribution is 6.30. The number of aromatic nitrogens is 6. The molecule has 0 saturated carbocycles. The van der Waals surface area contributed by atoms with E-state index < -0.39 is 6.09 Å². The van der Waals surface area contributed by atoms with E-state index in [1.54, 1.807) is 36.5 Å². The van der Waals surface area contributed by atoms with Gasteiger partial charge in [0.1, 0.15) is 12.2 Å². The van der Waals surface area contributed by atoms with Crippen molar-refractivity contribution in [3.05, 3.63) is 71.4 Å². The van der Waals surface area contributed by atoms with Crippen molar-refractivity contribution in [2.45, 2.75) is 31.7 Å². The molecular weight excluding hydrogens is 534 g/mol. The van der Waals surface area contributed by atoms with Gasteiger partial charge in [-0.2, -0.15) is 4.68 Å². The number of halogens is 1. The average molecular weight is 562 g/mol. The molecule has 0 spiro atoms. The Bertz CT molecular complexity index is 1520. The largest absolute Gasteiger partial charge is 0.453 e. The minimum absolute atomic E-state index is 0.265. The Labute approximate surface area is 235 Å². The Kier molecular flexibility index (Phi) is 8.35. The van der Waals surface area contributed by atoms with Crippen LogP contribution < -0.4 is 16.0 Å². The van der Waals surface area contributed by atoms with Gasteiger partial charge in [0.05, 0.1) is 30.7 Å². The zero-order chi connectivity index (χ0) is 27.9. The third-order valence-corrected chi connectivity index (χ3v) is 6.70. The topological polar surface area (TPSA) is 152 Å². The van der Waals surface area contributed by atoms with Gasteiger partial charge in [0.15, 0.2) is 0 Å². The summed E-state index contributed by atoms with van der Waals surface area (Å²) in [6.07, 6.45) is 9.39. The first-order chi connectivity index (χ1) is 19.5. The van der Waals surface area contributed by atoms with Gasteiger partial charge in [-0.25, -0.2) is 9.78 Å². The molecule has 12 nitrogen and oxygen atoms in total. The molecule has 0 fully saturated rings. The van der Waals surface area contributed by atoms with Crippen LogP contribution in [-0.2, 0) is 9.53 Å². The molecule has 2 bridgehead atoms. The second-order valence-corrected chi connectivity index (χ2v) is 9.62. The summed E-state index contributed by atoms with van der Waals surface area (Å²) >= 11 is 6.20. The van der Waals surface area contributed by atoms with Crippen LogP contribution in [0.5, 0.6) is 0 Å². The molecule has 0 radical (unpaired) electrons. The van der Waals surface area contributed by atoms with Crippen molar-refractivity contribution >= 4 is 41.1 Å². The molecule has 5 rings (SSSR count). The van der Waals surface area contributed by atoms with Crippen molar-refractivity contribution in [1.82, 2.24) is 35.5 Å². The SMILES string of the molecule is COC(=O)Nc1ccc2c(c1)NCCCCC[C@H](NC(=O)C=Cc1cc(Cl)ccc1-n1cnnn1)c1ncc-2[nH]1. The average Bonchev–Trinajstić information content (AvgIpc) is 3.66. The molecule has 4 N–H and O–H groups in total. The van der Waals surface area contributed by atoms with Crippen molar-refractivity contribution < 1.29 is 14.3 Å². The van der Waals surface area contributed by atoms with Crippen molar-refractivity contribution in [1.29, 1.82) is 0 Å². The van der Waals surface area contributed by atoms with Crippen molar-refractivity contribution in [2.24, 2.45) is 0 Å². The van der Waals surface area contributed by atoms with E-state index >= 15 is 0 Å². The van der Waals surface area contributed by atoms with Crippen molar-refractivity contribution in [3.8, 4) is 16.9 Å². The number of nitrogens with one attached hydrogen (secondary N) is 4. The van der Waals surface area contributed by atoms with E-state index in [4.69, 9.17) is 16.3 Å². The van der Waals surface area contributed by atoms with Crippen LogP contribution in [-0.4, -0.2) is 55.8 Å². The second-order valence-electron chi connectivity index (χ2n) is 9.19. The maximum atomic E-state index is 13.0. The summed E-state index contributed by atoms with van der Waals surface area (Å²) in [5.41, 5.74) is 4.55. The fourth-order valence-electron chi connectivity index (χ4n) is 4.50. The number of amides is 2.